The summed E-state index contributed by atoms with van der Waals surface area (Å²) in [6, 6.07) is 4.83. The van der Waals surface area contributed by atoms with Crippen molar-refractivity contribution in [2.24, 2.45) is 0 Å². The van der Waals surface area contributed by atoms with Crippen LogP contribution < -0.4 is 5.32 Å². The fraction of sp³-hybridized carbons (Fsp3) is 0.0909. The van der Waals surface area contributed by atoms with Crippen LogP contribution in [0.1, 0.15) is 10.4 Å². The summed E-state index contributed by atoms with van der Waals surface area (Å²) in [6.45, 7) is 0. The Morgan fingerprint density at radius 3 is 2.81 bits per heavy atom. The van der Waals surface area contributed by atoms with E-state index in [2.05, 4.69) is 31.4 Å². The molecule has 1 heterocycles. The highest BCUT2D eigenvalue weighted by Gasteiger charge is 2.12. The summed E-state index contributed by atoms with van der Waals surface area (Å²) in [4.78, 5) is 22.5. The Hall–Kier alpha value is -1.16. The SMILES string of the molecule is O=C(O)CSc1nnc(NC(=O)c2cc(Cl)cc(Br)c2)s1. The standard InChI is InChI=1S/C11H7BrClN3O3S2/c12-6-1-5(2-7(13)3-6)9(19)14-10-15-16-11(21-10)20-4-8(17)18/h1-3H,4H2,(H,17,18)(H,14,15,19). The summed E-state index contributed by atoms with van der Waals surface area (Å²) in [7, 11) is 0. The number of carboxylic acids is 1. The van der Waals surface area contributed by atoms with Crippen LogP contribution in [0.5, 0.6) is 0 Å². The van der Waals surface area contributed by atoms with Gasteiger partial charge in [0.1, 0.15) is 0 Å². The number of amides is 1. The van der Waals surface area contributed by atoms with Crippen molar-refractivity contribution in [1.82, 2.24) is 10.2 Å². The average Bonchev–Trinajstić information content (AvgIpc) is 2.83. The number of hydrogen-bond acceptors (Lipinski definition) is 6. The van der Waals surface area contributed by atoms with Crippen LogP contribution in [0, 0.1) is 0 Å². The first kappa shape index (κ1) is 16.2. The van der Waals surface area contributed by atoms with Crippen molar-refractivity contribution in [3.63, 3.8) is 0 Å². The van der Waals surface area contributed by atoms with E-state index in [1.165, 1.54) is 6.07 Å². The zero-order valence-electron chi connectivity index (χ0n) is 10.2. The first-order valence-corrected chi connectivity index (χ1v) is 8.37. The zero-order valence-corrected chi connectivity index (χ0v) is 14.1. The van der Waals surface area contributed by atoms with Crippen LogP contribution in [0.25, 0.3) is 0 Å². The summed E-state index contributed by atoms with van der Waals surface area (Å²) in [5.41, 5.74) is 0.379. The lowest BCUT2D eigenvalue weighted by atomic mass is 10.2. The molecule has 110 valence electrons. The molecule has 0 saturated carbocycles. The second-order valence-corrected chi connectivity index (χ2v) is 7.22. The Morgan fingerprint density at radius 2 is 2.14 bits per heavy atom. The predicted molar refractivity (Wildman–Crippen MR) is 85.4 cm³/mol. The van der Waals surface area contributed by atoms with Crippen LogP contribution in [0.3, 0.4) is 0 Å². The molecule has 2 rings (SSSR count). The molecule has 10 heteroatoms. The second kappa shape index (κ2) is 7.21. The van der Waals surface area contributed by atoms with Gasteiger partial charge in [0, 0.05) is 15.1 Å². The summed E-state index contributed by atoms with van der Waals surface area (Å²) in [6.07, 6.45) is 0. The minimum atomic E-state index is -0.940. The van der Waals surface area contributed by atoms with E-state index in [9.17, 15) is 9.59 Å². The van der Waals surface area contributed by atoms with E-state index in [4.69, 9.17) is 16.7 Å². The van der Waals surface area contributed by atoms with Crippen molar-refractivity contribution in [2.45, 2.75) is 4.34 Å². The molecule has 1 aromatic carbocycles. The predicted octanol–water partition coefficient (Wildman–Crippen LogP) is 3.38. The van der Waals surface area contributed by atoms with Gasteiger partial charge >= 0.3 is 5.97 Å². The lowest BCUT2D eigenvalue weighted by Crippen LogP contribution is -2.11. The number of nitrogens with zero attached hydrogens (tertiary/aromatic N) is 2. The van der Waals surface area contributed by atoms with Crippen molar-refractivity contribution in [1.29, 1.82) is 0 Å². The smallest absolute Gasteiger partial charge is 0.313 e. The van der Waals surface area contributed by atoms with Crippen LogP contribution in [-0.4, -0.2) is 32.9 Å². The van der Waals surface area contributed by atoms with Gasteiger partial charge in [0.05, 0.1) is 5.75 Å². The number of thioether (sulfide) groups is 1. The van der Waals surface area contributed by atoms with Gasteiger partial charge < -0.3 is 5.11 Å². The second-order valence-electron chi connectivity index (χ2n) is 3.67. The monoisotopic (exact) mass is 407 g/mol. The third-order valence-electron chi connectivity index (χ3n) is 2.07. The number of halogens is 2. The molecule has 21 heavy (non-hydrogen) atoms. The van der Waals surface area contributed by atoms with E-state index >= 15 is 0 Å². The van der Waals surface area contributed by atoms with Crippen LogP contribution in [0.2, 0.25) is 5.02 Å². The Labute approximate surface area is 141 Å². The molecule has 2 N–H and O–H groups in total. The quantitative estimate of drug-likeness (QED) is 0.582. The lowest BCUT2D eigenvalue weighted by molar-refractivity contribution is -0.133. The molecule has 0 saturated heterocycles. The maximum atomic E-state index is 12.0. The van der Waals surface area contributed by atoms with E-state index in [-0.39, 0.29) is 11.7 Å². The number of hydrogen-bond donors (Lipinski definition) is 2. The molecule has 0 aliphatic rings. The number of carboxylic acid groups (broad SMARTS) is 1. The third kappa shape index (κ3) is 4.95. The normalized spacial score (nSPS) is 10.4. The first-order valence-electron chi connectivity index (χ1n) is 5.39. The van der Waals surface area contributed by atoms with E-state index in [1.54, 1.807) is 12.1 Å². The first-order chi connectivity index (χ1) is 9.94. The van der Waals surface area contributed by atoms with Gasteiger partial charge in [-0.15, -0.1) is 10.2 Å². The van der Waals surface area contributed by atoms with Crippen LogP contribution in [0.4, 0.5) is 5.13 Å². The molecule has 0 aliphatic heterocycles. The molecular formula is C11H7BrClN3O3S2. The minimum absolute atomic E-state index is 0.107. The Bertz CT molecular complexity index is 675. The average molecular weight is 409 g/mol. The molecule has 1 aromatic heterocycles. The lowest BCUT2D eigenvalue weighted by Gasteiger charge is -2.02. The van der Waals surface area contributed by atoms with Gasteiger partial charge in [0.25, 0.3) is 5.91 Å². The molecule has 0 fully saturated rings. The molecule has 0 bridgehead atoms. The highest BCUT2D eigenvalue weighted by atomic mass is 79.9. The van der Waals surface area contributed by atoms with E-state index in [1.807, 2.05) is 0 Å². The summed E-state index contributed by atoms with van der Waals surface area (Å²) < 4.78 is 1.16. The van der Waals surface area contributed by atoms with Crippen molar-refractivity contribution < 1.29 is 14.7 Å². The van der Waals surface area contributed by atoms with Gasteiger partial charge in [-0.1, -0.05) is 50.6 Å². The van der Waals surface area contributed by atoms with Gasteiger partial charge in [-0.2, -0.15) is 0 Å². The number of carbonyl (C=O) groups is 2. The third-order valence-corrected chi connectivity index (χ3v) is 4.70. The minimum Gasteiger partial charge on any atom is -0.481 e. The Kier molecular flexibility index (Phi) is 5.57. The van der Waals surface area contributed by atoms with Gasteiger partial charge in [-0.05, 0) is 18.2 Å². The Balaban J connectivity index is 2.04. The fourth-order valence-electron chi connectivity index (χ4n) is 1.30. The highest BCUT2D eigenvalue weighted by Crippen LogP contribution is 2.26. The maximum Gasteiger partial charge on any atom is 0.313 e. The molecule has 0 radical (unpaired) electrons. The van der Waals surface area contributed by atoms with Crippen molar-refractivity contribution in [3.8, 4) is 0 Å². The topological polar surface area (TPSA) is 92.2 Å². The number of benzene rings is 1. The zero-order chi connectivity index (χ0) is 15.4. The van der Waals surface area contributed by atoms with E-state index in [0.29, 0.717) is 24.5 Å². The number of anilines is 1. The molecule has 0 atom stereocenters. The highest BCUT2D eigenvalue weighted by molar-refractivity contribution is 9.10. The van der Waals surface area contributed by atoms with Gasteiger partial charge in [0.15, 0.2) is 4.34 Å². The van der Waals surface area contributed by atoms with Crippen LogP contribution >= 0.6 is 50.6 Å². The molecular weight excluding hydrogens is 402 g/mol. The molecule has 2 aromatic rings. The van der Waals surface area contributed by atoms with E-state index < -0.39 is 5.97 Å². The Morgan fingerprint density at radius 1 is 1.38 bits per heavy atom. The largest absolute Gasteiger partial charge is 0.481 e. The van der Waals surface area contributed by atoms with Gasteiger partial charge in [-0.3, -0.25) is 14.9 Å². The maximum absolute atomic E-state index is 12.0. The van der Waals surface area contributed by atoms with Crippen molar-refractivity contribution in [2.75, 3.05) is 11.1 Å². The van der Waals surface area contributed by atoms with Crippen LogP contribution in [0.15, 0.2) is 27.0 Å². The van der Waals surface area contributed by atoms with E-state index in [0.717, 1.165) is 23.1 Å². The summed E-state index contributed by atoms with van der Waals surface area (Å²) in [5, 5.41) is 19.5. The fourth-order valence-corrected chi connectivity index (χ4v) is 3.62. The number of aromatic nitrogens is 2. The molecule has 1 amide bonds. The number of nitrogens with one attached hydrogen (secondary N) is 1. The van der Waals surface area contributed by atoms with Crippen molar-refractivity contribution in [3.05, 3.63) is 33.3 Å². The van der Waals surface area contributed by atoms with Gasteiger partial charge in [0.2, 0.25) is 5.13 Å². The molecule has 0 unspecified atom stereocenters. The summed E-state index contributed by atoms with van der Waals surface area (Å²) >= 11 is 11.3. The van der Waals surface area contributed by atoms with Gasteiger partial charge in [-0.25, -0.2) is 0 Å². The molecule has 0 aliphatic carbocycles. The van der Waals surface area contributed by atoms with Crippen molar-refractivity contribution >= 4 is 67.6 Å². The molecule has 6 nitrogen and oxygen atoms in total. The summed E-state index contributed by atoms with van der Waals surface area (Å²) in [5.74, 6) is -1.42. The number of carbonyl (C=O) groups excluding carboxylic acids is 1. The molecule has 0 spiro atoms. The number of rotatable bonds is 5. The number of aliphatic carboxylic acids is 1. The van der Waals surface area contributed by atoms with Crippen LogP contribution in [-0.2, 0) is 4.79 Å².